The molecule has 8 heteroatoms. The number of hydrogen-bond donors (Lipinski definition) is 2. The summed E-state index contributed by atoms with van der Waals surface area (Å²) in [6, 6.07) is 9.53. The van der Waals surface area contributed by atoms with E-state index in [0.29, 0.717) is 12.9 Å². The Bertz CT molecular complexity index is 698. The maximum Gasteiger partial charge on any atom is 0.342 e. The number of H-pyrrole nitrogens is 2. The number of carbonyl (C=O) groups is 1. The van der Waals surface area contributed by atoms with E-state index in [1.807, 2.05) is 35.3 Å². The highest BCUT2D eigenvalue weighted by Gasteiger charge is 2.14. The molecule has 0 radical (unpaired) electrons. The molecule has 2 aromatic rings. The average Bonchev–Trinajstić information content (AvgIpc) is 2.49. The van der Waals surface area contributed by atoms with Gasteiger partial charge in [-0.2, -0.15) is 5.10 Å². The van der Waals surface area contributed by atoms with Crippen LogP contribution in [0.15, 0.2) is 44.9 Å². The molecule has 1 atom stereocenters. The molecule has 110 valence electrons. The Hall–Kier alpha value is -2.19. The second kappa shape index (κ2) is 7.55. The van der Waals surface area contributed by atoms with Gasteiger partial charge in [0, 0.05) is 0 Å². The number of aromatic amines is 2. The summed E-state index contributed by atoms with van der Waals surface area (Å²) in [5.74, 6) is 0. The molecular formula is C13H13N3O4S. The van der Waals surface area contributed by atoms with Crippen molar-refractivity contribution in [3.05, 3.63) is 56.7 Å². The van der Waals surface area contributed by atoms with Crippen LogP contribution in [0.2, 0.25) is 0 Å². The molecular weight excluding hydrogens is 294 g/mol. The molecule has 0 aliphatic heterocycles. The number of aromatic nitrogens is 3. The number of aldehydes is 1. The Balaban J connectivity index is 1.90. The van der Waals surface area contributed by atoms with E-state index in [1.165, 1.54) is 0 Å². The van der Waals surface area contributed by atoms with Gasteiger partial charge in [-0.15, -0.1) is 0 Å². The molecule has 7 nitrogen and oxygen atoms in total. The summed E-state index contributed by atoms with van der Waals surface area (Å²) in [6.45, 7) is 0.518. The van der Waals surface area contributed by atoms with E-state index in [4.69, 9.17) is 4.74 Å². The van der Waals surface area contributed by atoms with E-state index in [2.05, 4.69) is 10.2 Å². The van der Waals surface area contributed by atoms with Crippen molar-refractivity contribution in [3.63, 3.8) is 0 Å². The number of nitrogens with one attached hydrogen (secondary N) is 2. The molecule has 0 fully saturated rings. The van der Waals surface area contributed by atoms with Crippen LogP contribution in [0, 0.1) is 0 Å². The molecule has 1 unspecified atom stereocenters. The van der Waals surface area contributed by atoms with Crippen molar-refractivity contribution in [2.24, 2.45) is 0 Å². The molecule has 1 heterocycles. The molecule has 0 aliphatic carbocycles. The van der Waals surface area contributed by atoms with E-state index in [1.54, 1.807) is 0 Å². The van der Waals surface area contributed by atoms with E-state index < -0.39 is 16.5 Å². The second-order valence-electron chi connectivity index (χ2n) is 4.11. The number of benzene rings is 1. The van der Waals surface area contributed by atoms with Crippen LogP contribution < -0.4 is 11.2 Å². The zero-order valence-corrected chi connectivity index (χ0v) is 11.8. The maximum atomic E-state index is 11.5. The average molecular weight is 307 g/mol. The van der Waals surface area contributed by atoms with Crippen LogP contribution in [-0.2, 0) is 16.1 Å². The number of hydrogen-bond acceptors (Lipinski definition) is 6. The number of ether oxygens (including phenoxy) is 1. The summed E-state index contributed by atoms with van der Waals surface area (Å²) in [5, 5.41) is 5.16. The van der Waals surface area contributed by atoms with Gasteiger partial charge in [0.15, 0.2) is 5.03 Å². The number of nitrogens with zero attached hydrogens (tertiary/aromatic N) is 1. The third kappa shape index (κ3) is 4.69. The lowest BCUT2D eigenvalue weighted by Gasteiger charge is -2.09. The largest absolute Gasteiger partial charge is 0.375 e. The Morgan fingerprint density at radius 2 is 2.05 bits per heavy atom. The monoisotopic (exact) mass is 307 g/mol. The highest BCUT2D eigenvalue weighted by molar-refractivity contribution is 8.00. The van der Waals surface area contributed by atoms with Gasteiger partial charge in [0.25, 0.3) is 5.56 Å². The number of thioether (sulfide) groups is 1. The number of carbonyl (C=O) groups excluding carboxylic acids is 1. The summed E-state index contributed by atoms with van der Waals surface area (Å²) in [7, 11) is 0. The SMILES string of the molecule is O=CC(COCc1ccccc1)Sc1n[nH]c(=O)[nH]c1=O. The third-order valence-corrected chi connectivity index (χ3v) is 3.54. The van der Waals surface area contributed by atoms with Crippen LogP contribution in [0.4, 0.5) is 0 Å². The lowest BCUT2D eigenvalue weighted by molar-refractivity contribution is -0.108. The fourth-order valence-electron chi connectivity index (χ4n) is 1.53. The standard InChI is InChI=1S/C13H13N3O4S/c17-6-10(8-20-7-9-4-2-1-3-5-9)21-12-11(18)14-13(19)16-15-12/h1-6,10H,7-8H2,(H2,14,16,18,19). The Morgan fingerprint density at radius 3 is 2.71 bits per heavy atom. The minimum atomic E-state index is -0.688. The van der Waals surface area contributed by atoms with Crippen molar-refractivity contribution in [3.8, 4) is 0 Å². The highest BCUT2D eigenvalue weighted by Crippen LogP contribution is 2.16. The van der Waals surface area contributed by atoms with Crippen molar-refractivity contribution in [1.82, 2.24) is 15.2 Å². The van der Waals surface area contributed by atoms with Gasteiger partial charge in [-0.05, 0) is 5.56 Å². The first-order valence-electron chi connectivity index (χ1n) is 6.11. The fraction of sp³-hybridized carbons (Fsp3) is 0.231. The van der Waals surface area contributed by atoms with Gasteiger partial charge in [0.05, 0.1) is 18.5 Å². The van der Waals surface area contributed by atoms with Crippen LogP contribution in [0.5, 0.6) is 0 Å². The van der Waals surface area contributed by atoms with Gasteiger partial charge < -0.3 is 9.53 Å². The van der Waals surface area contributed by atoms with Gasteiger partial charge in [-0.25, -0.2) is 9.89 Å². The predicted molar refractivity (Wildman–Crippen MR) is 77.3 cm³/mol. The Labute approximate surface area is 123 Å². The zero-order chi connectivity index (χ0) is 15.1. The van der Waals surface area contributed by atoms with Gasteiger partial charge in [-0.1, -0.05) is 42.1 Å². The van der Waals surface area contributed by atoms with Crippen molar-refractivity contribution >= 4 is 18.0 Å². The Morgan fingerprint density at radius 1 is 1.29 bits per heavy atom. The van der Waals surface area contributed by atoms with Crippen LogP contribution in [0.1, 0.15) is 5.56 Å². The first kappa shape index (κ1) is 15.2. The highest BCUT2D eigenvalue weighted by atomic mass is 32.2. The van der Waals surface area contributed by atoms with Crippen molar-refractivity contribution in [2.45, 2.75) is 16.9 Å². The smallest absolute Gasteiger partial charge is 0.342 e. The molecule has 0 bridgehead atoms. The van der Waals surface area contributed by atoms with E-state index >= 15 is 0 Å². The van der Waals surface area contributed by atoms with E-state index in [-0.39, 0.29) is 11.6 Å². The second-order valence-corrected chi connectivity index (χ2v) is 5.33. The molecule has 0 saturated heterocycles. The molecule has 1 aromatic heterocycles. The molecule has 0 saturated carbocycles. The maximum absolute atomic E-state index is 11.5. The quantitative estimate of drug-likeness (QED) is 0.564. The summed E-state index contributed by atoms with van der Waals surface area (Å²) >= 11 is 0.941. The third-order valence-electron chi connectivity index (χ3n) is 2.49. The topological polar surface area (TPSA) is 105 Å². The summed E-state index contributed by atoms with van der Waals surface area (Å²) in [5.41, 5.74) is -0.321. The molecule has 0 amide bonds. The van der Waals surface area contributed by atoms with Gasteiger partial charge in [0.1, 0.15) is 6.29 Å². The zero-order valence-electron chi connectivity index (χ0n) is 10.9. The summed E-state index contributed by atoms with van der Waals surface area (Å²) in [4.78, 5) is 35.4. The molecule has 0 aliphatic rings. The van der Waals surface area contributed by atoms with Crippen LogP contribution in [0.25, 0.3) is 0 Å². The molecule has 0 spiro atoms. The van der Waals surface area contributed by atoms with Gasteiger partial charge >= 0.3 is 5.69 Å². The van der Waals surface area contributed by atoms with E-state index in [9.17, 15) is 14.4 Å². The van der Waals surface area contributed by atoms with Crippen molar-refractivity contribution in [1.29, 1.82) is 0 Å². The minimum absolute atomic E-state index is 0.0232. The van der Waals surface area contributed by atoms with Crippen molar-refractivity contribution in [2.75, 3.05) is 6.61 Å². The number of rotatable bonds is 7. The molecule has 21 heavy (non-hydrogen) atoms. The lowest BCUT2D eigenvalue weighted by Crippen LogP contribution is -2.26. The minimum Gasteiger partial charge on any atom is -0.375 e. The fourth-order valence-corrected chi connectivity index (χ4v) is 2.29. The lowest BCUT2D eigenvalue weighted by atomic mass is 10.2. The van der Waals surface area contributed by atoms with Crippen LogP contribution >= 0.6 is 11.8 Å². The van der Waals surface area contributed by atoms with Crippen LogP contribution in [0.3, 0.4) is 0 Å². The van der Waals surface area contributed by atoms with Gasteiger partial charge in [-0.3, -0.25) is 9.78 Å². The summed E-state index contributed by atoms with van der Waals surface area (Å²) in [6.07, 6.45) is 0.682. The van der Waals surface area contributed by atoms with Gasteiger partial charge in [0.2, 0.25) is 0 Å². The molecule has 2 rings (SSSR count). The first-order chi connectivity index (χ1) is 10.2. The normalized spacial score (nSPS) is 12.0. The first-order valence-corrected chi connectivity index (χ1v) is 6.99. The predicted octanol–water partition coefficient (Wildman–Crippen LogP) is 0.335. The van der Waals surface area contributed by atoms with Crippen molar-refractivity contribution < 1.29 is 9.53 Å². The molecule has 1 aromatic carbocycles. The Kier molecular flexibility index (Phi) is 5.47. The molecule has 2 N–H and O–H groups in total. The summed E-state index contributed by atoms with van der Waals surface area (Å²) < 4.78 is 5.44. The van der Waals surface area contributed by atoms with E-state index in [0.717, 1.165) is 17.3 Å². The van der Waals surface area contributed by atoms with Crippen LogP contribution in [-0.4, -0.2) is 33.3 Å².